The minimum absolute atomic E-state index is 0.164. The van der Waals surface area contributed by atoms with Crippen molar-refractivity contribution in [3.63, 3.8) is 0 Å². The van der Waals surface area contributed by atoms with Gasteiger partial charge in [-0.25, -0.2) is 4.21 Å². The van der Waals surface area contributed by atoms with Gasteiger partial charge in [0, 0.05) is 34.0 Å². The Bertz CT molecular complexity index is 888. The maximum atomic E-state index is 12.2. The summed E-state index contributed by atoms with van der Waals surface area (Å²) in [6.45, 7) is 3.66. The van der Waals surface area contributed by atoms with Gasteiger partial charge in [0.2, 0.25) is 0 Å². The van der Waals surface area contributed by atoms with Crippen LogP contribution in [0.15, 0.2) is 23.2 Å². The molecule has 4 nitrogen and oxygen atoms in total. The zero-order valence-corrected chi connectivity index (χ0v) is 14.8. The first-order valence-electron chi connectivity index (χ1n) is 8.51. The average molecular weight is 343 g/mol. The molecule has 4 rings (SSSR count). The maximum absolute atomic E-state index is 12.2. The van der Waals surface area contributed by atoms with Gasteiger partial charge in [0.15, 0.2) is 11.1 Å². The number of hydrogen-bond donors (Lipinski definition) is 1. The summed E-state index contributed by atoms with van der Waals surface area (Å²) in [6.07, 6.45) is 6.07. The highest BCUT2D eigenvalue weighted by molar-refractivity contribution is 7.79. The van der Waals surface area contributed by atoms with Crippen molar-refractivity contribution < 1.29 is 13.6 Å². The van der Waals surface area contributed by atoms with Gasteiger partial charge in [-0.2, -0.15) is 0 Å². The minimum atomic E-state index is -2.07. The molecule has 1 aromatic heterocycles. The van der Waals surface area contributed by atoms with Crippen molar-refractivity contribution in [3.05, 3.63) is 35.2 Å². The van der Waals surface area contributed by atoms with E-state index in [2.05, 4.69) is 11.1 Å². The third kappa shape index (κ3) is 2.33. The third-order valence-corrected chi connectivity index (χ3v) is 6.65. The first kappa shape index (κ1) is 15.9. The van der Waals surface area contributed by atoms with E-state index < -0.39 is 16.5 Å². The van der Waals surface area contributed by atoms with Crippen LogP contribution in [0, 0.1) is 5.41 Å². The third-order valence-electron chi connectivity index (χ3n) is 5.83. The summed E-state index contributed by atoms with van der Waals surface area (Å²) in [4.78, 5) is 17.3. The molecule has 2 aliphatic rings. The molecule has 126 valence electrons. The Hall–Kier alpha value is -1.59. The monoisotopic (exact) mass is 343 g/mol. The standard InChI is InChI=1S/C19H21NO3S/c1-3-19(11(2)21)8-13-6-14-10-20-17(12-4-5-12)7-15(14)18(24(22)23)16(13)9-19/h6-7,10,12H,3-5,8-9H2,1-2H3,(H,22,23). The minimum Gasteiger partial charge on any atom is -0.302 e. The summed E-state index contributed by atoms with van der Waals surface area (Å²) < 4.78 is 22.1. The zero-order chi connectivity index (χ0) is 17.1. The number of aromatic nitrogens is 1. The van der Waals surface area contributed by atoms with Crippen LogP contribution in [0.4, 0.5) is 0 Å². The van der Waals surface area contributed by atoms with Crippen molar-refractivity contribution in [2.45, 2.75) is 56.8 Å². The molecule has 24 heavy (non-hydrogen) atoms. The average Bonchev–Trinajstić information content (AvgIpc) is 3.32. The lowest BCUT2D eigenvalue weighted by atomic mass is 9.78. The number of Topliss-reactive ketones (excluding diaryl/α,β-unsaturated/α-hetero) is 1. The van der Waals surface area contributed by atoms with Gasteiger partial charge in [0.25, 0.3) is 0 Å². The van der Waals surface area contributed by atoms with Crippen LogP contribution in [0.5, 0.6) is 0 Å². The largest absolute Gasteiger partial charge is 0.302 e. The van der Waals surface area contributed by atoms with Crippen LogP contribution in [-0.4, -0.2) is 19.5 Å². The number of carbonyl (C=O) groups excluding carboxylic acids is 1. The van der Waals surface area contributed by atoms with Gasteiger partial charge in [0.1, 0.15) is 5.78 Å². The lowest BCUT2D eigenvalue weighted by Gasteiger charge is -2.23. The van der Waals surface area contributed by atoms with Gasteiger partial charge in [-0.1, -0.05) is 6.92 Å². The Morgan fingerprint density at radius 2 is 2.12 bits per heavy atom. The molecule has 2 atom stereocenters. The van der Waals surface area contributed by atoms with E-state index in [9.17, 15) is 13.6 Å². The Morgan fingerprint density at radius 1 is 1.38 bits per heavy atom. The molecule has 0 radical (unpaired) electrons. The fraction of sp³-hybridized carbons (Fsp3) is 0.474. The molecule has 2 unspecified atom stereocenters. The number of hydrogen-bond acceptors (Lipinski definition) is 3. The van der Waals surface area contributed by atoms with Gasteiger partial charge in [-0.3, -0.25) is 9.78 Å². The van der Waals surface area contributed by atoms with E-state index in [1.807, 2.05) is 19.2 Å². The number of carbonyl (C=O) groups is 1. The summed E-state index contributed by atoms with van der Waals surface area (Å²) >= 11 is -2.07. The van der Waals surface area contributed by atoms with Crippen LogP contribution in [0.25, 0.3) is 10.8 Å². The summed E-state index contributed by atoms with van der Waals surface area (Å²) in [5, 5.41) is 1.72. The molecule has 2 aliphatic carbocycles. The highest BCUT2D eigenvalue weighted by Crippen LogP contribution is 2.46. The van der Waals surface area contributed by atoms with Crippen molar-refractivity contribution >= 4 is 27.6 Å². The van der Waals surface area contributed by atoms with E-state index >= 15 is 0 Å². The summed E-state index contributed by atoms with van der Waals surface area (Å²) in [7, 11) is 0. The molecular weight excluding hydrogens is 322 g/mol. The second-order valence-electron chi connectivity index (χ2n) is 7.24. The van der Waals surface area contributed by atoms with Gasteiger partial charge in [0.05, 0.1) is 4.90 Å². The molecule has 2 aromatic rings. The van der Waals surface area contributed by atoms with Gasteiger partial charge >= 0.3 is 0 Å². The molecular formula is C19H21NO3S. The van der Waals surface area contributed by atoms with Crippen molar-refractivity contribution in [1.82, 2.24) is 4.98 Å². The topological polar surface area (TPSA) is 67.3 Å². The molecule has 0 aliphatic heterocycles. The Balaban J connectivity index is 1.95. The number of pyridine rings is 1. The second-order valence-corrected chi connectivity index (χ2v) is 8.15. The van der Waals surface area contributed by atoms with Crippen LogP contribution < -0.4 is 0 Å². The molecule has 0 bridgehead atoms. The first-order chi connectivity index (χ1) is 11.4. The highest BCUT2D eigenvalue weighted by Gasteiger charge is 2.42. The number of benzene rings is 1. The molecule has 1 saturated carbocycles. The van der Waals surface area contributed by atoms with Crippen molar-refractivity contribution in [3.8, 4) is 0 Å². The van der Waals surface area contributed by atoms with Crippen molar-refractivity contribution in [2.24, 2.45) is 5.41 Å². The fourth-order valence-electron chi connectivity index (χ4n) is 4.04. The van der Waals surface area contributed by atoms with E-state index in [1.54, 1.807) is 6.92 Å². The predicted octanol–water partition coefficient (Wildman–Crippen LogP) is 3.78. The number of rotatable bonds is 4. The molecule has 1 heterocycles. The van der Waals surface area contributed by atoms with Crippen LogP contribution >= 0.6 is 0 Å². The van der Waals surface area contributed by atoms with Crippen LogP contribution in [0.3, 0.4) is 0 Å². The zero-order valence-electron chi connectivity index (χ0n) is 14.0. The summed E-state index contributed by atoms with van der Waals surface area (Å²) in [6, 6.07) is 4.04. The number of fused-ring (bicyclic) bond motifs is 2. The number of ketones is 1. The van der Waals surface area contributed by atoms with E-state index in [0.717, 1.165) is 46.9 Å². The highest BCUT2D eigenvalue weighted by atomic mass is 32.2. The van der Waals surface area contributed by atoms with Crippen LogP contribution in [0.2, 0.25) is 0 Å². The lowest BCUT2D eigenvalue weighted by Crippen LogP contribution is -2.29. The quantitative estimate of drug-likeness (QED) is 0.858. The predicted molar refractivity (Wildman–Crippen MR) is 93.6 cm³/mol. The van der Waals surface area contributed by atoms with Gasteiger partial charge < -0.3 is 4.55 Å². The van der Waals surface area contributed by atoms with Crippen LogP contribution in [-0.2, 0) is 28.7 Å². The normalized spacial score (nSPS) is 24.1. The molecule has 1 aromatic carbocycles. The molecule has 0 amide bonds. The summed E-state index contributed by atoms with van der Waals surface area (Å²) in [5.74, 6) is 0.659. The van der Waals surface area contributed by atoms with E-state index in [-0.39, 0.29) is 5.78 Å². The maximum Gasteiger partial charge on any atom is 0.187 e. The summed E-state index contributed by atoms with van der Waals surface area (Å²) in [5.41, 5.74) is 2.51. The smallest absolute Gasteiger partial charge is 0.187 e. The Kier molecular flexibility index (Phi) is 3.62. The van der Waals surface area contributed by atoms with E-state index in [4.69, 9.17) is 0 Å². The number of nitrogens with zero attached hydrogens (tertiary/aromatic N) is 1. The second kappa shape index (κ2) is 5.46. The van der Waals surface area contributed by atoms with Gasteiger partial charge in [-0.15, -0.1) is 0 Å². The van der Waals surface area contributed by atoms with Crippen molar-refractivity contribution in [1.29, 1.82) is 0 Å². The Morgan fingerprint density at radius 3 is 2.71 bits per heavy atom. The SMILES string of the molecule is CCC1(C(C)=O)Cc2cc3cnc(C4CC4)cc3c(S(=O)O)c2C1. The van der Waals surface area contributed by atoms with Gasteiger partial charge in [-0.05, 0) is 62.3 Å². The first-order valence-corrected chi connectivity index (χ1v) is 9.62. The van der Waals surface area contributed by atoms with Crippen molar-refractivity contribution in [2.75, 3.05) is 0 Å². The van der Waals surface area contributed by atoms with E-state index in [0.29, 0.717) is 23.7 Å². The molecule has 5 heteroatoms. The Labute approximate surface area is 144 Å². The molecule has 0 spiro atoms. The fourth-order valence-corrected chi connectivity index (χ4v) is 4.82. The van der Waals surface area contributed by atoms with Crippen LogP contribution in [0.1, 0.15) is 55.8 Å². The molecule has 0 saturated heterocycles. The lowest BCUT2D eigenvalue weighted by molar-refractivity contribution is -0.126. The van der Waals surface area contributed by atoms with E-state index in [1.165, 1.54) is 0 Å². The molecule has 1 fully saturated rings. The molecule has 1 N–H and O–H groups in total.